The summed E-state index contributed by atoms with van der Waals surface area (Å²) in [5.41, 5.74) is 3.19. The Kier molecular flexibility index (Phi) is 3.70. The van der Waals surface area contributed by atoms with Gasteiger partial charge in [-0.25, -0.2) is 14.5 Å². The molecule has 0 aliphatic carbocycles. The molecule has 0 spiro atoms. The SMILES string of the molecule is O=C(Nc1cnn(-c2ccccn2)c1)N1CCc2ccccc2C1. The Hall–Kier alpha value is -3.15. The maximum Gasteiger partial charge on any atom is 0.322 e. The molecule has 0 bridgehead atoms. The fraction of sp³-hybridized carbons (Fsp3) is 0.167. The van der Waals surface area contributed by atoms with Crippen molar-refractivity contribution < 1.29 is 4.79 Å². The number of amides is 2. The molecule has 0 saturated carbocycles. The van der Waals surface area contributed by atoms with Gasteiger partial charge in [0.25, 0.3) is 0 Å². The van der Waals surface area contributed by atoms with Gasteiger partial charge in [0.2, 0.25) is 0 Å². The van der Waals surface area contributed by atoms with Crippen LogP contribution in [0.4, 0.5) is 10.5 Å². The zero-order chi connectivity index (χ0) is 16.4. The monoisotopic (exact) mass is 319 g/mol. The van der Waals surface area contributed by atoms with Crippen molar-refractivity contribution >= 4 is 11.7 Å². The van der Waals surface area contributed by atoms with Crippen LogP contribution in [0.25, 0.3) is 5.82 Å². The lowest BCUT2D eigenvalue weighted by Crippen LogP contribution is -2.38. The third kappa shape index (κ3) is 2.86. The van der Waals surface area contributed by atoms with Crippen LogP contribution < -0.4 is 5.32 Å². The Balaban J connectivity index is 1.45. The predicted octanol–water partition coefficient (Wildman–Crippen LogP) is 2.86. The predicted molar refractivity (Wildman–Crippen MR) is 90.9 cm³/mol. The van der Waals surface area contributed by atoms with Crippen LogP contribution in [0.3, 0.4) is 0 Å². The third-order valence-electron chi connectivity index (χ3n) is 4.14. The van der Waals surface area contributed by atoms with Crippen LogP contribution in [0.2, 0.25) is 0 Å². The van der Waals surface area contributed by atoms with Crippen molar-refractivity contribution in [1.82, 2.24) is 19.7 Å². The number of fused-ring (bicyclic) bond motifs is 1. The minimum Gasteiger partial charge on any atom is -0.320 e. The van der Waals surface area contributed by atoms with Crippen molar-refractivity contribution in [2.45, 2.75) is 13.0 Å². The molecule has 2 amide bonds. The fourth-order valence-corrected chi connectivity index (χ4v) is 2.87. The van der Waals surface area contributed by atoms with Crippen molar-refractivity contribution in [2.24, 2.45) is 0 Å². The number of nitrogens with one attached hydrogen (secondary N) is 1. The van der Waals surface area contributed by atoms with Crippen LogP contribution in [0, 0.1) is 0 Å². The molecular formula is C18H17N5O. The van der Waals surface area contributed by atoms with Gasteiger partial charge in [-0.05, 0) is 29.7 Å². The number of pyridine rings is 1. The highest BCUT2D eigenvalue weighted by atomic mass is 16.2. The van der Waals surface area contributed by atoms with Gasteiger partial charge in [0.15, 0.2) is 5.82 Å². The molecule has 6 heteroatoms. The number of nitrogens with zero attached hydrogens (tertiary/aromatic N) is 4. The first-order chi connectivity index (χ1) is 11.8. The van der Waals surface area contributed by atoms with Crippen LogP contribution in [0.1, 0.15) is 11.1 Å². The lowest BCUT2D eigenvalue weighted by Gasteiger charge is -2.28. The number of urea groups is 1. The van der Waals surface area contributed by atoms with E-state index in [-0.39, 0.29) is 6.03 Å². The molecule has 1 aromatic carbocycles. The maximum absolute atomic E-state index is 12.5. The summed E-state index contributed by atoms with van der Waals surface area (Å²) in [4.78, 5) is 18.5. The van der Waals surface area contributed by atoms with E-state index in [9.17, 15) is 4.79 Å². The number of anilines is 1. The smallest absolute Gasteiger partial charge is 0.320 e. The summed E-state index contributed by atoms with van der Waals surface area (Å²) in [7, 11) is 0. The molecule has 4 rings (SSSR count). The molecule has 0 radical (unpaired) electrons. The molecule has 2 aromatic heterocycles. The number of carbonyl (C=O) groups is 1. The summed E-state index contributed by atoms with van der Waals surface area (Å²) in [6.45, 7) is 1.35. The van der Waals surface area contributed by atoms with Crippen LogP contribution in [0.5, 0.6) is 0 Å². The van der Waals surface area contributed by atoms with E-state index >= 15 is 0 Å². The van der Waals surface area contributed by atoms with E-state index in [1.54, 1.807) is 23.3 Å². The van der Waals surface area contributed by atoms with Crippen molar-refractivity contribution in [3.63, 3.8) is 0 Å². The summed E-state index contributed by atoms with van der Waals surface area (Å²) in [6, 6.07) is 13.8. The summed E-state index contributed by atoms with van der Waals surface area (Å²) in [5.74, 6) is 0.713. The minimum absolute atomic E-state index is 0.106. The van der Waals surface area contributed by atoms with Gasteiger partial charge in [-0.2, -0.15) is 5.10 Å². The quantitative estimate of drug-likeness (QED) is 0.790. The van der Waals surface area contributed by atoms with E-state index < -0.39 is 0 Å². The van der Waals surface area contributed by atoms with Crippen LogP contribution in [0.15, 0.2) is 61.1 Å². The van der Waals surface area contributed by atoms with Gasteiger partial charge in [-0.15, -0.1) is 0 Å². The third-order valence-corrected chi connectivity index (χ3v) is 4.14. The van der Waals surface area contributed by atoms with Crippen molar-refractivity contribution in [3.05, 3.63) is 72.2 Å². The van der Waals surface area contributed by atoms with Gasteiger partial charge in [0, 0.05) is 19.3 Å². The Morgan fingerprint density at radius 3 is 2.75 bits per heavy atom. The van der Waals surface area contributed by atoms with Crippen molar-refractivity contribution in [1.29, 1.82) is 0 Å². The first-order valence-corrected chi connectivity index (χ1v) is 7.88. The maximum atomic E-state index is 12.5. The molecule has 0 atom stereocenters. The second-order valence-corrected chi connectivity index (χ2v) is 5.73. The first-order valence-electron chi connectivity index (χ1n) is 7.88. The number of hydrogen-bond acceptors (Lipinski definition) is 3. The highest BCUT2D eigenvalue weighted by molar-refractivity contribution is 5.89. The number of carbonyl (C=O) groups excluding carboxylic acids is 1. The summed E-state index contributed by atoms with van der Waals surface area (Å²) < 4.78 is 1.64. The normalized spacial score (nSPS) is 13.4. The minimum atomic E-state index is -0.106. The molecule has 3 heterocycles. The van der Waals surface area contributed by atoms with Crippen molar-refractivity contribution in [2.75, 3.05) is 11.9 Å². The van der Waals surface area contributed by atoms with Gasteiger partial charge in [-0.1, -0.05) is 30.3 Å². The fourth-order valence-electron chi connectivity index (χ4n) is 2.87. The zero-order valence-electron chi connectivity index (χ0n) is 13.1. The molecule has 1 aliphatic heterocycles. The van der Waals surface area contributed by atoms with Crippen LogP contribution in [-0.2, 0) is 13.0 Å². The summed E-state index contributed by atoms with van der Waals surface area (Å²) >= 11 is 0. The lowest BCUT2D eigenvalue weighted by molar-refractivity contribution is 0.206. The molecular weight excluding hydrogens is 302 g/mol. The van der Waals surface area contributed by atoms with Gasteiger partial charge in [-0.3, -0.25) is 0 Å². The Morgan fingerprint density at radius 2 is 1.92 bits per heavy atom. The second-order valence-electron chi connectivity index (χ2n) is 5.73. The lowest BCUT2D eigenvalue weighted by atomic mass is 10.0. The van der Waals surface area contributed by atoms with E-state index in [4.69, 9.17) is 0 Å². The van der Waals surface area contributed by atoms with E-state index in [1.165, 1.54) is 11.1 Å². The molecule has 1 N–H and O–H groups in total. The van der Waals surface area contributed by atoms with Crippen LogP contribution >= 0.6 is 0 Å². The van der Waals surface area contributed by atoms with E-state index in [0.717, 1.165) is 13.0 Å². The van der Waals surface area contributed by atoms with Gasteiger partial charge >= 0.3 is 6.03 Å². The molecule has 1 aliphatic rings. The van der Waals surface area contributed by atoms with Crippen molar-refractivity contribution in [3.8, 4) is 5.82 Å². The first kappa shape index (κ1) is 14.4. The van der Waals surface area contributed by atoms with Gasteiger partial charge < -0.3 is 10.2 Å². The standard InChI is InChI=1S/C18H17N5O/c24-18(22-10-8-14-5-1-2-6-15(14)12-22)21-16-11-20-23(13-16)17-7-3-4-9-19-17/h1-7,9,11,13H,8,10,12H2,(H,21,24). The number of benzene rings is 1. The molecule has 24 heavy (non-hydrogen) atoms. The Labute approximate surface area is 139 Å². The van der Waals surface area contributed by atoms with E-state index in [1.807, 2.05) is 35.2 Å². The molecule has 6 nitrogen and oxygen atoms in total. The number of rotatable bonds is 2. The van der Waals surface area contributed by atoms with E-state index in [0.29, 0.717) is 18.1 Å². The summed E-state index contributed by atoms with van der Waals surface area (Å²) in [6.07, 6.45) is 5.99. The molecule has 0 fully saturated rings. The topological polar surface area (TPSA) is 63.1 Å². The average Bonchev–Trinajstić information content (AvgIpc) is 3.10. The average molecular weight is 319 g/mol. The van der Waals surface area contributed by atoms with Crippen LogP contribution in [-0.4, -0.2) is 32.2 Å². The van der Waals surface area contributed by atoms with Gasteiger partial charge in [0.05, 0.1) is 18.1 Å². The Bertz CT molecular complexity index is 859. The number of aromatic nitrogens is 3. The highest BCUT2D eigenvalue weighted by Gasteiger charge is 2.20. The Morgan fingerprint density at radius 1 is 1.08 bits per heavy atom. The zero-order valence-corrected chi connectivity index (χ0v) is 13.1. The molecule has 0 saturated heterocycles. The molecule has 120 valence electrons. The highest BCUT2D eigenvalue weighted by Crippen LogP contribution is 2.19. The number of hydrogen-bond donors (Lipinski definition) is 1. The summed E-state index contributed by atoms with van der Waals surface area (Å²) in [5, 5.41) is 7.15. The van der Waals surface area contributed by atoms with E-state index in [2.05, 4.69) is 27.5 Å². The second kappa shape index (κ2) is 6.16. The largest absolute Gasteiger partial charge is 0.322 e. The molecule has 0 unspecified atom stereocenters. The van der Waals surface area contributed by atoms with Gasteiger partial charge in [0.1, 0.15) is 0 Å². The molecule has 3 aromatic rings.